The van der Waals surface area contributed by atoms with Crippen LogP contribution in [-0.2, 0) is 6.54 Å². The summed E-state index contributed by atoms with van der Waals surface area (Å²) < 4.78 is 3.02. The average molecular weight is 324 g/mol. The Morgan fingerprint density at radius 3 is 2.86 bits per heavy atom. The maximum absolute atomic E-state index is 5.99. The number of aromatic nitrogens is 2. The molecule has 21 heavy (non-hydrogen) atoms. The van der Waals surface area contributed by atoms with E-state index in [0.717, 1.165) is 16.6 Å². The van der Waals surface area contributed by atoms with E-state index in [2.05, 4.69) is 35.3 Å². The normalized spacial score (nSPS) is 18.0. The minimum Gasteiger partial charge on any atom is -0.304 e. The maximum Gasteiger partial charge on any atom is 0.0931 e. The van der Waals surface area contributed by atoms with Gasteiger partial charge in [-0.15, -0.1) is 11.3 Å². The van der Waals surface area contributed by atoms with Gasteiger partial charge in [-0.05, 0) is 38.0 Å². The summed E-state index contributed by atoms with van der Waals surface area (Å²) in [6, 6.07) is 7.10. The zero-order valence-electron chi connectivity index (χ0n) is 12.4. The second kappa shape index (κ2) is 6.95. The molecule has 2 aromatic heterocycles. The molecule has 0 saturated heterocycles. The molecule has 5 heteroatoms. The molecule has 0 aliphatic heterocycles. The van der Waals surface area contributed by atoms with Gasteiger partial charge >= 0.3 is 0 Å². The van der Waals surface area contributed by atoms with E-state index >= 15 is 0 Å². The molecule has 1 aliphatic carbocycles. The van der Waals surface area contributed by atoms with Crippen LogP contribution in [0.25, 0.3) is 0 Å². The van der Waals surface area contributed by atoms with Crippen LogP contribution in [0.3, 0.4) is 0 Å². The Balaban J connectivity index is 1.54. The van der Waals surface area contributed by atoms with Crippen molar-refractivity contribution in [1.29, 1.82) is 0 Å². The smallest absolute Gasteiger partial charge is 0.0931 e. The molecule has 1 unspecified atom stereocenters. The molecule has 0 radical (unpaired) electrons. The second-order valence-electron chi connectivity index (χ2n) is 5.82. The Hall–Kier alpha value is -0.840. The van der Waals surface area contributed by atoms with Crippen LogP contribution in [0.2, 0.25) is 4.34 Å². The van der Waals surface area contributed by atoms with Crippen LogP contribution in [0.15, 0.2) is 24.4 Å². The van der Waals surface area contributed by atoms with Gasteiger partial charge in [-0.1, -0.05) is 30.9 Å². The van der Waals surface area contributed by atoms with Gasteiger partial charge in [0.25, 0.3) is 0 Å². The van der Waals surface area contributed by atoms with Gasteiger partial charge < -0.3 is 5.32 Å². The molecule has 0 amide bonds. The molecule has 3 nitrogen and oxygen atoms in total. The van der Waals surface area contributed by atoms with Crippen molar-refractivity contribution in [2.24, 2.45) is 0 Å². The molecule has 1 saturated carbocycles. The molecule has 0 spiro atoms. The van der Waals surface area contributed by atoms with E-state index in [1.165, 1.54) is 37.0 Å². The Kier molecular flexibility index (Phi) is 4.99. The quantitative estimate of drug-likeness (QED) is 0.843. The lowest BCUT2D eigenvalue weighted by atomic mass is 9.96. The molecule has 0 bridgehead atoms. The summed E-state index contributed by atoms with van der Waals surface area (Å²) in [6.45, 7) is 2.97. The highest BCUT2D eigenvalue weighted by Gasteiger charge is 2.16. The van der Waals surface area contributed by atoms with E-state index in [-0.39, 0.29) is 0 Å². The van der Waals surface area contributed by atoms with Crippen molar-refractivity contribution in [2.45, 2.75) is 57.7 Å². The third kappa shape index (κ3) is 3.87. The van der Waals surface area contributed by atoms with E-state index in [9.17, 15) is 0 Å². The number of hydrogen-bond donors (Lipinski definition) is 1. The summed E-state index contributed by atoms with van der Waals surface area (Å²) in [5.41, 5.74) is 1.12. The van der Waals surface area contributed by atoms with Crippen molar-refractivity contribution in [3.63, 3.8) is 0 Å². The molecule has 1 atom stereocenters. The van der Waals surface area contributed by atoms with E-state index in [0.29, 0.717) is 12.1 Å². The minimum atomic E-state index is 0.308. The molecule has 2 aromatic rings. The van der Waals surface area contributed by atoms with Crippen LogP contribution in [-0.4, -0.2) is 9.78 Å². The number of hydrogen-bond acceptors (Lipinski definition) is 3. The first-order chi connectivity index (χ1) is 10.2. The van der Waals surface area contributed by atoms with Crippen molar-refractivity contribution in [3.8, 4) is 0 Å². The summed E-state index contributed by atoms with van der Waals surface area (Å²) in [5, 5.41) is 8.26. The minimum absolute atomic E-state index is 0.308. The lowest BCUT2D eigenvalue weighted by Crippen LogP contribution is -2.18. The Labute approximate surface area is 135 Å². The Bertz CT molecular complexity index is 572. The molecular weight excluding hydrogens is 302 g/mol. The number of thiophene rings is 1. The van der Waals surface area contributed by atoms with Crippen LogP contribution in [0.4, 0.5) is 0 Å². The van der Waals surface area contributed by atoms with E-state index in [1.807, 2.05) is 6.07 Å². The summed E-state index contributed by atoms with van der Waals surface area (Å²) >= 11 is 7.62. The largest absolute Gasteiger partial charge is 0.304 e. The van der Waals surface area contributed by atoms with E-state index < -0.39 is 0 Å². The topological polar surface area (TPSA) is 29.9 Å². The fraction of sp³-hybridized carbons (Fsp3) is 0.562. The highest BCUT2D eigenvalue weighted by molar-refractivity contribution is 7.16. The molecule has 114 valence electrons. The maximum atomic E-state index is 5.99. The predicted molar refractivity (Wildman–Crippen MR) is 88.9 cm³/mol. The van der Waals surface area contributed by atoms with Crippen molar-refractivity contribution in [2.75, 3.05) is 0 Å². The average Bonchev–Trinajstić information content (AvgIpc) is 3.15. The monoisotopic (exact) mass is 323 g/mol. The third-order valence-electron chi connectivity index (χ3n) is 4.22. The van der Waals surface area contributed by atoms with Crippen molar-refractivity contribution < 1.29 is 0 Å². The lowest BCUT2D eigenvalue weighted by molar-refractivity contribution is 0.327. The van der Waals surface area contributed by atoms with Gasteiger partial charge in [0.1, 0.15) is 0 Å². The molecule has 1 N–H and O–H groups in total. The van der Waals surface area contributed by atoms with Crippen LogP contribution >= 0.6 is 22.9 Å². The lowest BCUT2D eigenvalue weighted by Gasteiger charge is -2.21. The van der Waals surface area contributed by atoms with E-state index in [1.54, 1.807) is 11.3 Å². The van der Waals surface area contributed by atoms with Crippen LogP contribution in [0.5, 0.6) is 0 Å². The predicted octanol–water partition coefficient (Wildman–Crippen LogP) is 4.95. The fourth-order valence-electron chi connectivity index (χ4n) is 2.94. The molecule has 1 aliphatic rings. The number of nitrogens with one attached hydrogen (secondary N) is 1. The number of rotatable bonds is 5. The van der Waals surface area contributed by atoms with Crippen LogP contribution in [0, 0.1) is 0 Å². The fourth-order valence-corrected chi connectivity index (χ4v) is 4.03. The van der Waals surface area contributed by atoms with E-state index in [4.69, 9.17) is 16.7 Å². The SMILES string of the molecule is CC(NCc1ccn(C2CCCCC2)n1)c1ccc(Cl)s1. The van der Waals surface area contributed by atoms with Crippen LogP contribution in [0.1, 0.15) is 61.7 Å². The molecular formula is C16H22ClN3S. The van der Waals surface area contributed by atoms with Gasteiger partial charge in [0.15, 0.2) is 0 Å². The van der Waals surface area contributed by atoms with Crippen LogP contribution < -0.4 is 5.32 Å². The zero-order chi connectivity index (χ0) is 14.7. The van der Waals surface area contributed by atoms with Gasteiger partial charge in [0.2, 0.25) is 0 Å². The van der Waals surface area contributed by atoms with Crippen molar-refractivity contribution >= 4 is 22.9 Å². The molecule has 1 fully saturated rings. The molecule has 2 heterocycles. The van der Waals surface area contributed by atoms with Gasteiger partial charge in [-0.3, -0.25) is 4.68 Å². The second-order valence-corrected chi connectivity index (χ2v) is 7.57. The summed E-state index contributed by atoms with van der Waals surface area (Å²) in [4.78, 5) is 1.27. The highest BCUT2D eigenvalue weighted by Crippen LogP contribution is 2.28. The van der Waals surface area contributed by atoms with Crippen molar-refractivity contribution in [3.05, 3.63) is 39.3 Å². The standard InChI is InChI=1S/C16H22ClN3S/c1-12(15-7-8-16(17)21-15)18-11-13-9-10-20(19-13)14-5-3-2-4-6-14/h7-10,12,14,18H,2-6,11H2,1H3. The highest BCUT2D eigenvalue weighted by atomic mass is 35.5. The first kappa shape index (κ1) is 15.1. The van der Waals surface area contributed by atoms with Gasteiger partial charge in [0, 0.05) is 23.7 Å². The Morgan fingerprint density at radius 1 is 1.33 bits per heavy atom. The number of halogens is 1. The first-order valence-corrected chi connectivity index (χ1v) is 8.94. The number of nitrogens with zero attached hydrogens (tertiary/aromatic N) is 2. The van der Waals surface area contributed by atoms with Crippen molar-refractivity contribution in [1.82, 2.24) is 15.1 Å². The van der Waals surface area contributed by atoms with Gasteiger partial charge in [0.05, 0.1) is 16.1 Å². The summed E-state index contributed by atoms with van der Waals surface area (Å²) in [6.07, 6.45) is 8.76. The zero-order valence-corrected chi connectivity index (χ0v) is 14.0. The Morgan fingerprint density at radius 2 is 2.14 bits per heavy atom. The molecule has 0 aromatic carbocycles. The first-order valence-electron chi connectivity index (χ1n) is 7.75. The summed E-state index contributed by atoms with van der Waals surface area (Å²) in [7, 11) is 0. The third-order valence-corrected chi connectivity index (χ3v) is 5.64. The molecule has 3 rings (SSSR count). The van der Waals surface area contributed by atoms with Gasteiger partial charge in [-0.25, -0.2) is 0 Å². The summed E-state index contributed by atoms with van der Waals surface area (Å²) in [5.74, 6) is 0. The van der Waals surface area contributed by atoms with Gasteiger partial charge in [-0.2, -0.15) is 5.10 Å².